The summed E-state index contributed by atoms with van der Waals surface area (Å²) in [5.74, 6) is 1.57. The molecule has 1 fully saturated rings. The zero-order valence-electron chi connectivity index (χ0n) is 16.6. The van der Waals surface area contributed by atoms with E-state index in [2.05, 4.69) is 25.2 Å². The number of carbonyl (C=O) groups is 1. The molecule has 0 saturated carbocycles. The molecule has 1 amide bonds. The normalized spacial score (nSPS) is 17.1. The molecule has 1 heterocycles. The first-order valence-corrected chi connectivity index (χ1v) is 10.0. The van der Waals surface area contributed by atoms with Gasteiger partial charge in [0.05, 0.1) is 11.8 Å². The Morgan fingerprint density at radius 1 is 1.14 bits per heavy atom. The molecule has 150 valence electrons. The second-order valence-electron chi connectivity index (χ2n) is 7.13. The number of ether oxygens (including phenoxy) is 3. The second-order valence-corrected chi connectivity index (χ2v) is 7.13. The van der Waals surface area contributed by atoms with E-state index in [9.17, 15) is 4.79 Å². The fourth-order valence-electron chi connectivity index (χ4n) is 3.22. The minimum absolute atomic E-state index is 0.0481. The maximum Gasteiger partial charge on any atom is 0.262 e. The highest BCUT2D eigenvalue weighted by Gasteiger charge is 2.17. The maximum atomic E-state index is 12.4. The van der Waals surface area contributed by atoms with E-state index in [1.165, 1.54) is 0 Å². The van der Waals surface area contributed by atoms with Crippen LogP contribution in [-0.4, -0.2) is 31.8 Å². The van der Waals surface area contributed by atoms with Gasteiger partial charge in [-0.25, -0.2) is 0 Å². The van der Waals surface area contributed by atoms with E-state index in [-0.39, 0.29) is 18.6 Å². The molecule has 0 aliphatic carbocycles. The van der Waals surface area contributed by atoms with Crippen LogP contribution >= 0.6 is 0 Å². The first kappa shape index (κ1) is 20.2. The second kappa shape index (κ2) is 10.1. The summed E-state index contributed by atoms with van der Waals surface area (Å²) < 4.78 is 17.3. The minimum Gasteiger partial charge on any atom is -0.489 e. The zero-order valence-corrected chi connectivity index (χ0v) is 16.6. The van der Waals surface area contributed by atoms with Crippen molar-refractivity contribution in [3.8, 4) is 11.5 Å². The van der Waals surface area contributed by atoms with Gasteiger partial charge in [0.15, 0.2) is 6.61 Å². The Kier molecular flexibility index (Phi) is 7.31. The molecule has 2 aromatic carbocycles. The van der Waals surface area contributed by atoms with Crippen molar-refractivity contribution >= 4 is 11.6 Å². The van der Waals surface area contributed by atoms with Crippen molar-refractivity contribution < 1.29 is 19.0 Å². The average molecular weight is 383 g/mol. The van der Waals surface area contributed by atoms with E-state index in [1.807, 2.05) is 42.5 Å². The molecule has 5 heteroatoms. The summed E-state index contributed by atoms with van der Waals surface area (Å²) in [7, 11) is 0. The summed E-state index contributed by atoms with van der Waals surface area (Å²) in [6, 6.07) is 15.3. The van der Waals surface area contributed by atoms with Crippen LogP contribution in [0.5, 0.6) is 11.5 Å². The lowest BCUT2D eigenvalue weighted by Crippen LogP contribution is -2.22. The van der Waals surface area contributed by atoms with Gasteiger partial charge < -0.3 is 19.5 Å². The van der Waals surface area contributed by atoms with Gasteiger partial charge in [0.1, 0.15) is 18.1 Å². The predicted octanol–water partition coefficient (Wildman–Crippen LogP) is 4.78. The van der Waals surface area contributed by atoms with E-state index in [0.717, 1.165) is 37.2 Å². The fraction of sp³-hybridized carbons (Fsp3) is 0.435. The summed E-state index contributed by atoms with van der Waals surface area (Å²) in [6.45, 7) is 5.53. The molecule has 1 aliphatic rings. The van der Waals surface area contributed by atoms with Crippen LogP contribution < -0.4 is 14.8 Å². The van der Waals surface area contributed by atoms with Crippen LogP contribution in [0.1, 0.15) is 44.6 Å². The molecular formula is C23H29NO4. The van der Waals surface area contributed by atoms with Crippen LogP contribution in [0.4, 0.5) is 5.69 Å². The number of hydrogen-bond acceptors (Lipinski definition) is 4. The van der Waals surface area contributed by atoms with E-state index in [1.54, 1.807) is 0 Å². The number of anilines is 1. The highest BCUT2D eigenvalue weighted by atomic mass is 16.5. The van der Waals surface area contributed by atoms with E-state index in [4.69, 9.17) is 14.2 Å². The molecule has 28 heavy (non-hydrogen) atoms. The number of benzene rings is 2. The molecule has 0 bridgehead atoms. The standard InChI is InChI=1S/C23H29NO4/c1-3-17(2)19-10-4-6-12-21(19)28-16-23(25)24-20-11-5-7-13-22(20)27-15-18-9-8-14-26-18/h4-7,10-13,17-18H,3,8-9,14-16H2,1-2H3,(H,24,25). The van der Waals surface area contributed by atoms with Crippen LogP contribution in [0.2, 0.25) is 0 Å². The van der Waals surface area contributed by atoms with Crippen molar-refractivity contribution in [2.45, 2.75) is 45.1 Å². The van der Waals surface area contributed by atoms with Crippen LogP contribution in [0.3, 0.4) is 0 Å². The molecule has 5 nitrogen and oxygen atoms in total. The lowest BCUT2D eigenvalue weighted by molar-refractivity contribution is -0.118. The van der Waals surface area contributed by atoms with Crippen molar-refractivity contribution in [2.24, 2.45) is 0 Å². The number of carbonyl (C=O) groups excluding carboxylic acids is 1. The molecule has 1 aliphatic heterocycles. The summed E-state index contributed by atoms with van der Waals surface area (Å²) in [4.78, 5) is 12.4. The average Bonchev–Trinajstić information content (AvgIpc) is 3.25. The van der Waals surface area contributed by atoms with Gasteiger partial charge in [-0.2, -0.15) is 0 Å². The highest BCUT2D eigenvalue weighted by Crippen LogP contribution is 2.29. The van der Waals surface area contributed by atoms with Gasteiger partial charge in [-0.15, -0.1) is 0 Å². The molecule has 0 radical (unpaired) electrons. The molecule has 2 atom stereocenters. The van der Waals surface area contributed by atoms with Gasteiger partial charge in [-0.3, -0.25) is 4.79 Å². The SMILES string of the molecule is CCC(C)c1ccccc1OCC(=O)Nc1ccccc1OCC1CCCO1. The Balaban J connectivity index is 1.57. The third-order valence-electron chi connectivity index (χ3n) is 5.03. The molecular weight excluding hydrogens is 354 g/mol. The summed E-state index contributed by atoms with van der Waals surface area (Å²) in [5, 5.41) is 2.89. The third kappa shape index (κ3) is 5.49. The van der Waals surface area contributed by atoms with Crippen LogP contribution in [0, 0.1) is 0 Å². The van der Waals surface area contributed by atoms with Crippen LogP contribution in [-0.2, 0) is 9.53 Å². The molecule has 3 rings (SSSR count). The van der Waals surface area contributed by atoms with Crippen molar-refractivity contribution in [1.82, 2.24) is 0 Å². The van der Waals surface area contributed by atoms with E-state index < -0.39 is 0 Å². The summed E-state index contributed by atoms with van der Waals surface area (Å²) >= 11 is 0. The smallest absolute Gasteiger partial charge is 0.262 e. The quantitative estimate of drug-likeness (QED) is 0.677. The van der Waals surface area contributed by atoms with Gasteiger partial charge in [0.25, 0.3) is 5.91 Å². The molecule has 1 N–H and O–H groups in total. The first-order valence-electron chi connectivity index (χ1n) is 10.0. The molecule has 2 aromatic rings. The van der Waals surface area contributed by atoms with Gasteiger partial charge in [0.2, 0.25) is 0 Å². The van der Waals surface area contributed by atoms with E-state index in [0.29, 0.717) is 24.0 Å². The Hall–Kier alpha value is -2.53. The van der Waals surface area contributed by atoms with E-state index >= 15 is 0 Å². The maximum absolute atomic E-state index is 12.4. The zero-order chi connectivity index (χ0) is 19.8. The van der Waals surface area contributed by atoms with Crippen LogP contribution in [0.25, 0.3) is 0 Å². The molecule has 0 spiro atoms. The largest absolute Gasteiger partial charge is 0.489 e. The number of amides is 1. The molecule has 0 aromatic heterocycles. The lowest BCUT2D eigenvalue weighted by Gasteiger charge is -2.17. The highest BCUT2D eigenvalue weighted by molar-refractivity contribution is 5.93. The Labute approximate surface area is 167 Å². The Morgan fingerprint density at radius 3 is 2.64 bits per heavy atom. The number of nitrogens with one attached hydrogen (secondary N) is 1. The summed E-state index contributed by atoms with van der Waals surface area (Å²) in [5.41, 5.74) is 1.77. The summed E-state index contributed by atoms with van der Waals surface area (Å²) in [6.07, 6.45) is 3.23. The van der Waals surface area contributed by atoms with Gasteiger partial charge in [-0.05, 0) is 48.9 Å². The van der Waals surface area contributed by atoms with Crippen molar-refractivity contribution in [3.05, 3.63) is 54.1 Å². The minimum atomic E-state index is -0.216. The number of rotatable bonds is 9. The monoisotopic (exact) mass is 383 g/mol. The van der Waals surface area contributed by atoms with Crippen molar-refractivity contribution in [2.75, 3.05) is 25.1 Å². The fourth-order valence-corrected chi connectivity index (χ4v) is 3.22. The first-order chi connectivity index (χ1) is 13.7. The number of para-hydroxylation sites is 3. The lowest BCUT2D eigenvalue weighted by atomic mass is 9.98. The van der Waals surface area contributed by atoms with Crippen molar-refractivity contribution in [1.29, 1.82) is 0 Å². The van der Waals surface area contributed by atoms with Gasteiger partial charge >= 0.3 is 0 Å². The van der Waals surface area contributed by atoms with Crippen LogP contribution in [0.15, 0.2) is 48.5 Å². The number of hydrogen-bond donors (Lipinski definition) is 1. The third-order valence-corrected chi connectivity index (χ3v) is 5.03. The molecule has 1 saturated heterocycles. The van der Waals surface area contributed by atoms with Gasteiger partial charge in [0, 0.05) is 6.61 Å². The molecule has 2 unspecified atom stereocenters. The Bertz CT molecular complexity index is 771. The Morgan fingerprint density at radius 2 is 1.89 bits per heavy atom. The van der Waals surface area contributed by atoms with Gasteiger partial charge in [-0.1, -0.05) is 44.2 Å². The predicted molar refractivity (Wildman–Crippen MR) is 110 cm³/mol. The topological polar surface area (TPSA) is 56.8 Å². The van der Waals surface area contributed by atoms with Crippen molar-refractivity contribution in [3.63, 3.8) is 0 Å².